The minimum atomic E-state index is -2.31. The van der Waals surface area contributed by atoms with E-state index in [0.717, 1.165) is 0 Å². The van der Waals surface area contributed by atoms with E-state index in [1.165, 1.54) is 32.9 Å². The topological polar surface area (TPSA) is 212 Å². The van der Waals surface area contributed by atoms with Gasteiger partial charge in [0.2, 0.25) is 0 Å². The highest BCUT2D eigenvalue weighted by molar-refractivity contribution is 5.96. The van der Waals surface area contributed by atoms with Crippen molar-refractivity contribution in [2.75, 3.05) is 6.61 Å². The average molecular weight is 852 g/mol. The molecule has 0 aromatic heterocycles. The highest BCUT2D eigenvalue weighted by Gasteiger charge is 2.78. The largest absolute Gasteiger partial charge is 0.456 e. The molecular weight excluding hydrogens is 799 g/mol. The van der Waals surface area contributed by atoms with E-state index in [-0.39, 0.29) is 36.1 Å². The van der Waals surface area contributed by atoms with Crippen molar-refractivity contribution < 1.29 is 63.0 Å². The second-order valence-electron chi connectivity index (χ2n) is 17.8. The summed E-state index contributed by atoms with van der Waals surface area (Å²) in [4.78, 5) is 83.9. The van der Waals surface area contributed by atoms with Gasteiger partial charge in [-0.15, -0.1) is 0 Å². The van der Waals surface area contributed by atoms with Crippen LogP contribution in [0.3, 0.4) is 0 Å². The lowest BCUT2D eigenvalue weighted by molar-refractivity contribution is -0.345. The second kappa shape index (κ2) is 16.6. The van der Waals surface area contributed by atoms with Crippen LogP contribution in [0.15, 0.2) is 102 Å². The van der Waals surface area contributed by atoms with Crippen LogP contribution in [0.5, 0.6) is 0 Å². The highest BCUT2D eigenvalue weighted by Crippen LogP contribution is 2.65. The molecule has 0 radical (unpaired) electrons. The maximum absolute atomic E-state index is 15.6. The molecule has 62 heavy (non-hydrogen) atoms. The smallest absolute Gasteiger partial charge is 0.338 e. The van der Waals surface area contributed by atoms with E-state index in [4.69, 9.17) is 18.9 Å². The lowest BCUT2D eigenvalue weighted by atomic mass is 9.43. The average Bonchev–Trinajstić information content (AvgIpc) is 3.24. The molecule has 7 rings (SSSR count). The summed E-state index contributed by atoms with van der Waals surface area (Å²) in [7, 11) is 0. The van der Waals surface area contributed by atoms with Crippen LogP contribution in [0.4, 0.5) is 0 Å². The van der Waals surface area contributed by atoms with E-state index in [0.29, 0.717) is 11.1 Å². The van der Waals surface area contributed by atoms with Crippen molar-refractivity contribution in [2.45, 2.75) is 109 Å². The molecule has 1 saturated heterocycles. The molecule has 11 atom stereocenters. The zero-order valence-electron chi connectivity index (χ0n) is 35.5. The Labute approximate surface area is 359 Å². The summed E-state index contributed by atoms with van der Waals surface area (Å²) in [6, 6.07) is 23.2. The standard InChI is InChI=1S/C48H53NO13/c1-26(50)22-32-36-27(2)33(60-44(57)38(53)37(29-16-10-7-11-17-29)49-42(55)30-18-12-8-13-19-30)24-48(58,45(36,4)5)41(61-43(56)31-20-14-9-15-21-31)39-46(6,40(32)54)34(52)23-35-47(39,25-59-35)62-28(3)51/h7-21,32-35,37-39,41,52-53,58H,22-25H2,1-6H3,(H,49,55)/t32-,33+,34+,35-,37+,38-,39+,41+,46-,47+,48-/m1/s1. The van der Waals surface area contributed by atoms with Crippen LogP contribution in [-0.2, 0) is 38.1 Å². The monoisotopic (exact) mass is 851 g/mol. The lowest BCUT2D eigenvalue weighted by Crippen LogP contribution is -2.81. The summed E-state index contributed by atoms with van der Waals surface area (Å²) < 4.78 is 24.6. The van der Waals surface area contributed by atoms with Crippen LogP contribution < -0.4 is 5.32 Å². The second-order valence-corrected chi connectivity index (χ2v) is 17.8. The molecule has 14 heteroatoms. The van der Waals surface area contributed by atoms with Gasteiger partial charge in [0.05, 0.1) is 35.6 Å². The number of ether oxygens (including phenoxy) is 4. The summed E-state index contributed by atoms with van der Waals surface area (Å²) in [5.41, 5.74) is -6.23. The summed E-state index contributed by atoms with van der Waals surface area (Å²) in [6.07, 6.45) is -8.67. The number of rotatable bonds is 11. The number of benzene rings is 3. The van der Waals surface area contributed by atoms with Gasteiger partial charge in [-0.25, -0.2) is 9.59 Å². The quantitative estimate of drug-likeness (QED) is 0.120. The number of carbonyl (C=O) groups excluding carboxylic acids is 6. The lowest BCUT2D eigenvalue weighted by Gasteiger charge is -2.67. The highest BCUT2D eigenvalue weighted by atomic mass is 16.6. The number of hydrogen-bond acceptors (Lipinski definition) is 13. The summed E-state index contributed by atoms with van der Waals surface area (Å²) >= 11 is 0. The number of ketones is 2. The van der Waals surface area contributed by atoms with Crippen LogP contribution >= 0.6 is 0 Å². The van der Waals surface area contributed by atoms with Crippen LogP contribution in [0.25, 0.3) is 0 Å². The molecule has 1 amide bonds. The minimum Gasteiger partial charge on any atom is -0.456 e. The minimum absolute atomic E-state index is 0.0936. The van der Waals surface area contributed by atoms with Gasteiger partial charge in [0.15, 0.2) is 11.7 Å². The number of amides is 1. The number of esters is 3. The molecule has 1 heterocycles. The van der Waals surface area contributed by atoms with E-state index < -0.39 is 112 Å². The van der Waals surface area contributed by atoms with E-state index in [2.05, 4.69) is 5.32 Å². The van der Waals surface area contributed by atoms with E-state index in [1.807, 2.05) is 0 Å². The Morgan fingerprint density at radius 2 is 1.45 bits per heavy atom. The molecule has 0 unspecified atom stereocenters. The normalized spacial score (nSPS) is 31.9. The van der Waals surface area contributed by atoms with Crippen molar-refractivity contribution in [3.8, 4) is 0 Å². The molecular formula is C48H53NO13. The zero-order chi connectivity index (χ0) is 44.9. The fraction of sp³-hybridized carbons (Fsp3) is 0.458. The van der Waals surface area contributed by atoms with Crippen molar-refractivity contribution in [3.05, 3.63) is 119 Å². The summed E-state index contributed by atoms with van der Waals surface area (Å²) in [6.45, 7) is 8.58. The molecule has 3 aliphatic carbocycles. The molecule has 0 spiro atoms. The first-order valence-corrected chi connectivity index (χ1v) is 20.8. The Kier molecular flexibility index (Phi) is 11.9. The Bertz CT molecular complexity index is 2280. The first-order valence-electron chi connectivity index (χ1n) is 20.8. The zero-order valence-corrected chi connectivity index (χ0v) is 35.5. The number of nitrogens with one attached hydrogen (secondary N) is 1. The van der Waals surface area contributed by atoms with Crippen LogP contribution in [0.1, 0.15) is 93.1 Å². The number of fused-ring (bicyclic) bond motifs is 5. The molecule has 3 aromatic rings. The molecule has 14 nitrogen and oxygen atoms in total. The molecule has 328 valence electrons. The van der Waals surface area contributed by atoms with Gasteiger partial charge in [-0.1, -0.05) is 80.6 Å². The fourth-order valence-corrected chi connectivity index (χ4v) is 10.7. The Morgan fingerprint density at radius 3 is 2.00 bits per heavy atom. The van der Waals surface area contributed by atoms with Crippen LogP contribution in [-0.4, -0.2) is 99.0 Å². The third-order valence-corrected chi connectivity index (χ3v) is 13.9. The SMILES string of the molecule is CC(=O)C[C@H]1C(=O)[C@@]2(C)[C@H]([C@H](OC(=O)c3ccccc3)[C@]3(O)C[C@H](OC(=O)[C@H](O)[C@@H](NC(=O)c4ccccc4)c4ccccc4)C(C)=C1C3(C)C)[C@]1(OC(C)=O)CO[C@@H]1C[C@@H]2O. The number of hydrogen-bond donors (Lipinski definition) is 4. The van der Waals surface area contributed by atoms with Crippen molar-refractivity contribution in [1.82, 2.24) is 5.32 Å². The number of aliphatic hydroxyl groups is 3. The Balaban J connectivity index is 1.39. The Morgan fingerprint density at radius 1 is 0.871 bits per heavy atom. The molecule has 2 saturated carbocycles. The van der Waals surface area contributed by atoms with Gasteiger partial charge in [-0.3, -0.25) is 19.2 Å². The van der Waals surface area contributed by atoms with Crippen LogP contribution in [0, 0.1) is 22.7 Å². The van der Waals surface area contributed by atoms with Gasteiger partial charge in [0, 0.05) is 43.1 Å². The molecule has 4 aliphatic rings. The van der Waals surface area contributed by atoms with Crippen molar-refractivity contribution in [2.24, 2.45) is 22.7 Å². The number of carbonyl (C=O) groups is 6. The number of Topliss-reactive ketones (excluding diaryl/α,β-unsaturated/α-hetero) is 2. The molecule has 2 bridgehead atoms. The van der Waals surface area contributed by atoms with E-state index >= 15 is 4.79 Å². The van der Waals surface area contributed by atoms with Gasteiger partial charge >= 0.3 is 17.9 Å². The number of aliphatic hydroxyl groups excluding tert-OH is 2. The van der Waals surface area contributed by atoms with Crippen LogP contribution in [0.2, 0.25) is 0 Å². The van der Waals surface area contributed by atoms with Crippen molar-refractivity contribution >= 4 is 35.4 Å². The first kappa shape index (κ1) is 44.5. The van der Waals surface area contributed by atoms with Gasteiger partial charge < -0.3 is 39.6 Å². The maximum Gasteiger partial charge on any atom is 0.338 e. The Hall–Kier alpha value is -5.54. The van der Waals surface area contributed by atoms with Gasteiger partial charge in [0.1, 0.15) is 35.5 Å². The van der Waals surface area contributed by atoms with Gasteiger partial charge in [0.25, 0.3) is 5.91 Å². The summed E-state index contributed by atoms with van der Waals surface area (Å²) in [5, 5.41) is 40.4. The summed E-state index contributed by atoms with van der Waals surface area (Å²) in [5.74, 6) is -7.24. The molecule has 1 aliphatic heterocycles. The predicted octanol–water partition coefficient (Wildman–Crippen LogP) is 4.40. The van der Waals surface area contributed by atoms with Crippen molar-refractivity contribution in [1.29, 1.82) is 0 Å². The van der Waals surface area contributed by atoms with Gasteiger partial charge in [-0.05, 0) is 61.7 Å². The fourth-order valence-electron chi connectivity index (χ4n) is 10.7. The molecule has 3 fully saturated rings. The van der Waals surface area contributed by atoms with Crippen molar-refractivity contribution in [3.63, 3.8) is 0 Å². The molecule has 4 N–H and O–H groups in total. The molecule has 3 aromatic carbocycles. The third kappa shape index (κ3) is 7.36. The van der Waals surface area contributed by atoms with E-state index in [9.17, 15) is 39.3 Å². The predicted molar refractivity (Wildman–Crippen MR) is 221 cm³/mol. The first-order chi connectivity index (χ1) is 29.3. The third-order valence-electron chi connectivity index (χ3n) is 13.9. The van der Waals surface area contributed by atoms with E-state index in [1.54, 1.807) is 99.6 Å². The van der Waals surface area contributed by atoms with Gasteiger partial charge in [-0.2, -0.15) is 0 Å². The maximum atomic E-state index is 15.6.